The first-order valence-corrected chi connectivity index (χ1v) is 7.56. The predicted molar refractivity (Wildman–Crippen MR) is 79.0 cm³/mol. The molecular weight excluding hydrogens is 298 g/mol. The normalized spacial score (nSPS) is 17.8. The topological polar surface area (TPSA) is 12.0 Å². The number of hydrogen-bond acceptors (Lipinski definition) is 1. The molecule has 1 aliphatic carbocycles. The van der Waals surface area contributed by atoms with Gasteiger partial charge in [0.15, 0.2) is 0 Å². The average Bonchev–Trinajstić information content (AvgIpc) is 2.54. The third-order valence-corrected chi connectivity index (χ3v) is 4.53. The van der Waals surface area contributed by atoms with Crippen molar-refractivity contribution in [2.45, 2.75) is 51.5 Å². The fraction of sp³-hybridized carbons (Fsp3) is 0.571. The fourth-order valence-corrected chi connectivity index (χ4v) is 3.14. The van der Waals surface area contributed by atoms with E-state index in [4.69, 9.17) is 11.6 Å². The van der Waals surface area contributed by atoms with Gasteiger partial charge < -0.3 is 5.32 Å². The van der Waals surface area contributed by atoms with Gasteiger partial charge in [-0.1, -0.05) is 37.3 Å². The minimum Gasteiger partial charge on any atom is -0.381 e. The van der Waals surface area contributed by atoms with E-state index in [1.165, 1.54) is 38.5 Å². The molecule has 1 nitrogen and oxygen atoms in total. The molecule has 3 heteroatoms. The molecule has 0 aliphatic heterocycles. The molecule has 1 aromatic carbocycles. The van der Waals surface area contributed by atoms with E-state index in [9.17, 15) is 0 Å². The first kappa shape index (κ1) is 13.2. The maximum Gasteiger partial charge on any atom is 0.0501 e. The number of aryl methyl sites for hydroxylation is 1. The fourth-order valence-electron chi connectivity index (χ4n) is 2.40. The molecule has 1 N–H and O–H groups in total. The zero-order valence-electron chi connectivity index (χ0n) is 10.2. The van der Waals surface area contributed by atoms with Gasteiger partial charge in [-0.2, -0.15) is 0 Å². The van der Waals surface area contributed by atoms with E-state index in [1.807, 2.05) is 13.0 Å². The van der Waals surface area contributed by atoms with Crippen molar-refractivity contribution in [3.8, 4) is 0 Å². The first-order valence-electron chi connectivity index (χ1n) is 6.39. The van der Waals surface area contributed by atoms with Crippen LogP contribution < -0.4 is 5.32 Å². The Morgan fingerprint density at radius 2 is 1.82 bits per heavy atom. The van der Waals surface area contributed by atoms with Crippen LogP contribution in [0.25, 0.3) is 0 Å². The summed E-state index contributed by atoms with van der Waals surface area (Å²) in [6, 6.07) is 4.72. The molecular formula is C14H19BrClN. The summed E-state index contributed by atoms with van der Waals surface area (Å²) in [5.74, 6) is 0. The van der Waals surface area contributed by atoms with Crippen LogP contribution in [0.5, 0.6) is 0 Å². The number of benzene rings is 1. The van der Waals surface area contributed by atoms with Crippen LogP contribution in [-0.4, -0.2) is 6.04 Å². The molecule has 94 valence electrons. The van der Waals surface area contributed by atoms with Crippen molar-refractivity contribution in [3.63, 3.8) is 0 Å². The molecule has 0 unspecified atom stereocenters. The van der Waals surface area contributed by atoms with E-state index >= 15 is 0 Å². The van der Waals surface area contributed by atoms with E-state index in [2.05, 4.69) is 27.3 Å². The lowest BCUT2D eigenvalue weighted by Gasteiger charge is -2.19. The van der Waals surface area contributed by atoms with Gasteiger partial charge in [-0.05, 0) is 53.4 Å². The van der Waals surface area contributed by atoms with Gasteiger partial charge in [0.05, 0.1) is 5.69 Å². The van der Waals surface area contributed by atoms with Gasteiger partial charge in [-0.3, -0.25) is 0 Å². The van der Waals surface area contributed by atoms with Crippen molar-refractivity contribution >= 4 is 33.2 Å². The minimum absolute atomic E-state index is 0.604. The third-order valence-electron chi connectivity index (χ3n) is 3.46. The number of anilines is 1. The van der Waals surface area contributed by atoms with E-state index in [-0.39, 0.29) is 0 Å². The summed E-state index contributed by atoms with van der Waals surface area (Å²) in [6.45, 7) is 2.03. The standard InChI is InChI=1S/C14H19BrClN/c1-10-8-12(15)14(9-13(10)16)17-11-6-4-2-3-5-7-11/h8-9,11,17H,2-7H2,1H3. The predicted octanol–water partition coefficient (Wildman–Crippen LogP) is 5.55. The SMILES string of the molecule is Cc1cc(Br)c(NC2CCCCCC2)cc1Cl. The van der Waals surface area contributed by atoms with Crippen LogP contribution in [0.1, 0.15) is 44.1 Å². The highest BCUT2D eigenvalue weighted by atomic mass is 79.9. The summed E-state index contributed by atoms with van der Waals surface area (Å²) in [7, 11) is 0. The van der Waals surface area contributed by atoms with Crippen LogP contribution in [0.4, 0.5) is 5.69 Å². The van der Waals surface area contributed by atoms with Crippen LogP contribution in [0.15, 0.2) is 16.6 Å². The van der Waals surface area contributed by atoms with E-state index in [0.29, 0.717) is 6.04 Å². The van der Waals surface area contributed by atoms with Crippen LogP contribution in [0.3, 0.4) is 0 Å². The third kappa shape index (κ3) is 3.62. The number of rotatable bonds is 2. The van der Waals surface area contributed by atoms with Crippen LogP contribution in [0.2, 0.25) is 5.02 Å². The van der Waals surface area contributed by atoms with E-state index in [0.717, 1.165) is 20.7 Å². The van der Waals surface area contributed by atoms with Crippen molar-refractivity contribution in [1.29, 1.82) is 0 Å². The molecule has 1 fully saturated rings. The molecule has 0 amide bonds. The molecule has 0 bridgehead atoms. The minimum atomic E-state index is 0.604. The first-order chi connectivity index (χ1) is 8.16. The quantitative estimate of drug-likeness (QED) is 0.706. The Morgan fingerprint density at radius 3 is 2.47 bits per heavy atom. The van der Waals surface area contributed by atoms with Gasteiger partial charge in [-0.15, -0.1) is 0 Å². The second-order valence-corrected chi connectivity index (χ2v) is 6.18. The van der Waals surface area contributed by atoms with Gasteiger partial charge in [-0.25, -0.2) is 0 Å². The molecule has 0 spiro atoms. The second kappa shape index (κ2) is 6.10. The summed E-state index contributed by atoms with van der Waals surface area (Å²) >= 11 is 9.78. The lowest BCUT2D eigenvalue weighted by Crippen LogP contribution is -2.18. The Bertz CT molecular complexity index is 384. The van der Waals surface area contributed by atoms with Gasteiger partial charge in [0, 0.05) is 15.5 Å². The van der Waals surface area contributed by atoms with Crippen molar-refractivity contribution in [3.05, 3.63) is 27.2 Å². The highest BCUT2D eigenvalue weighted by Crippen LogP contribution is 2.31. The smallest absolute Gasteiger partial charge is 0.0501 e. The maximum absolute atomic E-state index is 6.17. The number of nitrogens with one attached hydrogen (secondary N) is 1. The second-order valence-electron chi connectivity index (χ2n) is 4.91. The molecule has 0 radical (unpaired) electrons. The van der Waals surface area contributed by atoms with E-state index < -0.39 is 0 Å². The van der Waals surface area contributed by atoms with Crippen LogP contribution >= 0.6 is 27.5 Å². The Morgan fingerprint density at radius 1 is 1.18 bits per heavy atom. The largest absolute Gasteiger partial charge is 0.381 e. The van der Waals surface area contributed by atoms with Crippen LogP contribution in [-0.2, 0) is 0 Å². The molecule has 1 aliphatic rings. The van der Waals surface area contributed by atoms with Crippen molar-refractivity contribution in [2.75, 3.05) is 5.32 Å². The summed E-state index contributed by atoms with van der Waals surface area (Å²) in [4.78, 5) is 0. The Kier molecular flexibility index (Phi) is 4.75. The molecule has 0 aromatic heterocycles. The Balaban J connectivity index is 2.09. The van der Waals surface area contributed by atoms with E-state index in [1.54, 1.807) is 0 Å². The monoisotopic (exact) mass is 315 g/mol. The molecule has 17 heavy (non-hydrogen) atoms. The Labute approximate surface area is 117 Å². The highest BCUT2D eigenvalue weighted by molar-refractivity contribution is 9.10. The molecule has 1 aromatic rings. The zero-order valence-corrected chi connectivity index (χ0v) is 12.6. The van der Waals surface area contributed by atoms with Gasteiger partial charge in [0.2, 0.25) is 0 Å². The summed E-state index contributed by atoms with van der Waals surface area (Å²) < 4.78 is 1.11. The Hall–Kier alpha value is -0.210. The molecule has 0 saturated heterocycles. The number of hydrogen-bond donors (Lipinski definition) is 1. The lowest BCUT2D eigenvalue weighted by atomic mass is 10.1. The molecule has 2 rings (SSSR count). The summed E-state index contributed by atoms with van der Waals surface area (Å²) in [6.07, 6.45) is 8.00. The van der Waals surface area contributed by atoms with Crippen molar-refractivity contribution in [2.24, 2.45) is 0 Å². The molecule has 0 atom stereocenters. The maximum atomic E-state index is 6.17. The zero-order chi connectivity index (χ0) is 12.3. The average molecular weight is 317 g/mol. The highest BCUT2D eigenvalue weighted by Gasteiger charge is 2.13. The van der Waals surface area contributed by atoms with Crippen molar-refractivity contribution in [1.82, 2.24) is 0 Å². The van der Waals surface area contributed by atoms with Crippen molar-refractivity contribution < 1.29 is 0 Å². The van der Waals surface area contributed by atoms with Gasteiger partial charge >= 0.3 is 0 Å². The lowest BCUT2D eigenvalue weighted by molar-refractivity contribution is 0.620. The van der Waals surface area contributed by atoms with Gasteiger partial charge in [0.1, 0.15) is 0 Å². The van der Waals surface area contributed by atoms with Gasteiger partial charge in [0.25, 0.3) is 0 Å². The number of halogens is 2. The van der Waals surface area contributed by atoms with Crippen LogP contribution in [0, 0.1) is 6.92 Å². The molecule has 1 saturated carbocycles. The summed E-state index contributed by atoms with van der Waals surface area (Å²) in [5, 5.41) is 4.46. The molecule has 0 heterocycles. The summed E-state index contributed by atoms with van der Waals surface area (Å²) in [5.41, 5.74) is 2.25.